The summed E-state index contributed by atoms with van der Waals surface area (Å²) in [6.07, 6.45) is 4.89. The van der Waals surface area contributed by atoms with Crippen molar-refractivity contribution in [2.24, 2.45) is 17.1 Å². The number of halogens is 2. The second-order valence-electron chi connectivity index (χ2n) is 6.60. The fourth-order valence-electron chi connectivity index (χ4n) is 3.47. The molecule has 4 heteroatoms. The van der Waals surface area contributed by atoms with E-state index in [2.05, 4.69) is 13.8 Å². The minimum atomic E-state index is -0.0824. The van der Waals surface area contributed by atoms with Crippen molar-refractivity contribution in [3.05, 3.63) is 27.7 Å². The smallest absolute Gasteiger partial charge is 0.139 e. The Kier molecular flexibility index (Phi) is 5.45. The van der Waals surface area contributed by atoms with Gasteiger partial charge in [0.15, 0.2) is 0 Å². The van der Waals surface area contributed by atoms with E-state index < -0.39 is 0 Å². The summed E-state index contributed by atoms with van der Waals surface area (Å²) in [7, 11) is 0. The van der Waals surface area contributed by atoms with Gasteiger partial charge in [-0.05, 0) is 42.7 Å². The van der Waals surface area contributed by atoms with Crippen molar-refractivity contribution in [2.45, 2.75) is 52.5 Å². The molecular weight excluding hydrogens is 305 g/mol. The van der Waals surface area contributed by atoms with Crippen LogP contribution in [-0.4, -0.2) is 6.61 Å². The van der Waals surface area contributed by atoms with Crippen LogP contribution in [0.15, 0.2) is 12.1 Å². The van der Waals surface area contributed by atoms with Crippen molar-refractivity contribution in [1.82, 2.24) is 0 Å². The first-order valence-corrected chi connectivity index (χ1v) is 8.49. The van der Waals surface area contributed by atoms with Gasteiger partial charge in [-0.15, -0.1) is 0 Å². The molecule has 1 saturated carbocycles. The molecule has 0 aliphatic heterocycles. The van der Waals surface area contributed by atoms with Gasteiger partial charge >= 0.3 is 0 Å². The SMILES string of the molecule is CCOc1cc(Cl)c(C(N)C2CCCCC2(C)C)cc1Cl. The molecule has 0 saturated heterocycles. The van der Waals surface area contributed by atoms with Gasteiger partial charge in [0.2, 0.25) is 0 Å². The van der Waals surface area contributed by atoms with Gasteiger partial charge in [-0.25, -0.2) is 0 Å². The molecule has 0 aromatic heterocycles. The molecule has 2 rings (SSSR count). The van der Waals surface area contributed by atoms with E-state index in [-0.39, 0.29) is 11.5 Å². The lowest BCUT2D eigenvalue weighted by Crippen LogP contribution is -2.36. The van der Waals surface area contributed by atoms with Gasteiger partial charge in [0.25, 0.3) is 0 Å². The van der Waals surface area contributed by atoms with Crippen LogP contribution in [-0.2, 0) is 0 Å². The zero-order chi connectivity index (χ0) is 15.6. The summed E-state index contributed by atoms with van der Waals surface area (Å²) >= 11 is 12.7. The Morgan fingerprint density at radius 3 is 2.62 bits per heavy atom. The minimum absolute atomic E-state index is 0.0824. The van der Waals surface area contributed by atoms with E-state index >= 15 is 0 Å². The Balaban J connectivity index is 2.30. The monoisotopic (exact) mass is 329 g/mol. The quantitative estimate of drug-likeness (QED) is 0.779. The molecule has 0 heterocycles. The molecule has 1 aromatic carbocycles. The van der Waals surface area contributed by atoms with Crippen molar-refractivity contribution in [1.29, 1.82) is 0 Å². The van der Waals surface area contributed by atoms with E-state index in [0.29, 0.717) is 28.3 Å². The van der Waals surface area contributed by atoms with Crippen LogP contribution in [0.3, 0.4) is 0 Å². The van der Waals surface area contributed by atoms with Gasteiger partial charge in [0, 0.05) is 17.1 Å². The Labute approximate surface area is 137 Å². The number of nitrogens with two attached hydrogens (primary N) is 1. The highest BCUT2D eigenvalue weighted by Gasteiger charge is 2.37. The predicted octanol–water partition coefficient (Wildman–Crippen LogP) is 5.61. The number of rotatable bonds is 4. The molecule has 118 valence electrons. The van der Waals surface area contributed by atoms with Crippen LogP contribution < -0.4 is 10.5 Å². The third-order valence-electron chi connectivity index (χ3n) is 4.73. The maximum atomic E-state index is 6.56. The maximum Gasteiger partial charge on any atom is 0.139 e. The standard InChI is InChI=1S/C17H25Cl2NO/c1-4-21-15-10-13(18)11(9-14(15)19)16(20)12-7-5-6-8-17(12,2)3/h9-10,12,16H,4-8,20H2,1-3H3. The van der Waals surface area contributed by atoms with Crippen LogP contribution in [0, 0.1) is 11.3 Å². The predicted molar refractivity (Wildman–Crippen MR) is 90.3 cm³/mol. The summed E-state index contributed by atoms with van der Waals surface area (Å²) in [6.45, 7) is 7.10. The second kappa shape index (κ2) is 6.76. The zero-order valence-electron chi connectivity index (χ0n) is 13.1. The van der Waals surface area contributed by atoms with Crippen molar-refractivity contribution in [3.8, 4) is 5.75 Å². The summed E-state index contributed by atoms with van der Waals surface area (Å²) < 4.78 is 5.48. The molecule has 2 nitrogen and oxygen atoms in total. The van der Waals surface area contributed by atoms with Crippen LogP contribution >= 0.6 is 23.2 Å². The first kappa shape index (κ1) is 16.9. The highest BCUT2D eigenvalue weighted by atomic mass is 35.5. The topological polar surface area (TPSA) is 35.2 Å². The largest absolute Gasteiger partial charge is 0.492 e. The fourth-order valence-corrected chi connectivity index (χ4v) is 3.98. The van der Waals surface area contributed by atoms with Crippen LogP contribution in [0.1, 0.15) is 58.1 Å². The van der Waals surface area contributed by atoms with E-state index in [0.717, 1.165) is 12.0 Å². The summed E-state index contributed by atoms with van der Waals surface area (Å²) in [5.41, 5.74) is 7.73. The molecule has 2 N–H and O–H groups in total. The van der Waals surface area contributed by atoms with Gasteiger partial charge in [0.1, 0.15) is 5.75 Å². The number of hydrogen-bond acceptors (Lipinski definition) is 2. The van der Waals surface area contributed by atoms with E-state index in [9.17, 15) is 0 Å². The molecule has 2 atom stereocenters. The van der Waals surface area contributed by atoms with E-state index in [4.69, 9.17) is 33.7 Å². The average molecular weight is 330 g/mol. The zero-order valence-corrected chi connectivity index (χ0v) is 14.6. The van der Waals surface area contributed by atoms with Gasteiger partial charge in [0.05, 0.1) is 11.6 Å². The molecule has 1 fully saturated rings. The summed E-state index contributed by atoms with van der Waals surface area (Å²) in [5.74, 6) is 1.06. The number of ether oxygens (including phenoxy) is 1. The number of hydrogen-bond donors (Lipinski definition) is 1. The lowest BCUT2D eigenvalue weighted by molar-refractivity contribution is 0.112. The van der Waals surface area contributed by atoms with Crippen molar-refractivity contribution < 1.29 is 4.74 Å². The first-order chi connectivity index (χ1) is 9.86. The third kappa shape index (κ3) is 3.67. The average Bonchev–Trinajstić information content (AvgIpc) is 2.41. The van der Waals surface area contributed by atoms with Gasteiger partial charge in [-0.2, -0.15) is 0 Å². The van der Waals surface area contributed by atoms with Crippen molar-refractivity contribution >= 4 is 23.2 Å². The Morgan fingerprint density at radius 2 is 2.00 bits per heavy atom. The summed E-state index contributed by atoms with van der Waals surface area (Å²) in [6, 6.07) is 3.59. The van der Waals surface area contributed by atoms with Crippen LogP contribution in [0.2, 0.25) is 10.0 Å². The molecule has 0 amide bonds. The summed E-state index contributed by atoms with van der Waals surface area (Å²) in [5, 5.41) is 1.23. The molecule has 1 aromatic rings. The highest BCUT2D eigenvalue weighted by molar-refractivity contribution is 6.34. The lowest BCUT2D eigenvalue weighted by atomic mass is 9.65. The molecule has 0 radical (unpaired) electrons. The molecule has 1 aliphatic rings. The molecule has 21 heavy (non-hydrogen) atoms. The maximum absolute atomic E-state index is 6.56. The Hall–Kier alpha value is -0.440. The van der Waals surface area contributed by atoms with E-state index in [1.165, 1.54) is 19.3 Å². The van der Waals surface area contributed by atoms with Crippen molar-refractivity contribution in [3.63, 3.8) is 0 Å². The third-order valence-corrected chi connectivity index (χ3v) is 5.36. The molecule has 1 aliphatic carbocycles. The Morgan fingerprint density at radius 1 is 1.29 bits per heavy atom. The normalized spacial score (nSPS) is 22.9. The highest BCUT2D eigenvalue weighted by Crippen LogP contribution is 2.47. The first-order valence-electron chi connectivity index (χ1n) is 7.74. The molecular formula is C17H25Cl2NO. The number of benzene rings is 1. The molecule has 2 unspecified atom stereocenters. The van der Waals surface area contributed by atoms with Gasteiger partial charge < -0.3 is 10.5 Å². The van der Waals surface area contributed by atoms with Crippen molar-refractivity contribution in [2.75, 3.05) is 6.61 Å². The van der Waals surface area contributed by atoms with E-state index in [1.807, 2.05) is 13.0 Å². The minimum Gasteiger partial charge on any atom is -0.492 e. The molecule has 0 bridgehead atoms. The lowest BCUT2D eigenvalue weighted by Gasteiger charge is -2.42. The molecule has 0 spiro atoms. The van der Waals surface area contributed by atoms with Crippen LogP contribution in [0.25, 0.3) is 0 Å². The van der Waals surface area contributed by atoms with E-state index in [1.54, 1.807) is 6.07 Å². The van der Waals surface area contributed by atoms with Gasteiger partial charge in [-0.1, -0.05) is 49.9 Å². The van der Waals surface area contributed by atoms with Gasteiger partial charge in [-0.3, -0.25) is 0 Å². The summed E-state index contributed by atoms with van der Waals surface area (Å²) in [4.78, 5) is 0. The fraction of sp³-hybridized carbons (Fsp3) is 0.647. The van der Waals surface area contributed by atoms with Crippen LogP contribution in [0.5, 0.6) is 5.75 Å². The van der Waals surface area contributed by atoms with Crippen LogP contribution in [0.4, 0.5) is 0 Å². The Bertz CT molecular complexity index is 502. The second-order valence-corrected chi connectivity index (χ2v) is 7.42.